The molecule has 1 aromatic carbocycles. The fourth-order valence-corrected chi connectivity index (χ4v) is 3.61. The summed E-state index contributed by atoms with van der Waals surface area (Å²) in [6.45, 7) is 4.81. The van der Waals surface area contributed by atoms with Crippen LogP contribution in [0.25, 0.3) is 0 Å². The Morgan fingerprint density at radius 2 is 2.20 bits per heavy atom. The molecule has 2 fully saturated rings. The van der Waals surface area contributed by atoms with Gasteiger partial charge in [0.1, 0.15) is 6.07 Å². The van der Waals surface area contributed by atoms with E-state index in [9.17, 15) is 10.1 Å². The summed E-state index contributed by atoms with van der Waals surface area (Å²) in [4.78, 5) is 18.1. The van der Waals surface area contributed by atoms with Gasteiger partial charge in [-0.1, -0.05) is 6.07 Å². The van der Waals surface area contributed by atoms with Crippen LogP contribution in [0.4, 0.5) is 5.69 Å². The Labute approximate surface area is 146 Å². The number of nitrogens with zero attached hydrogens (tertiary/aromatic N) is 4. The van der Waals surface area contributed by atoms with Gasteiger partial charge in [0, 0.05) is 25.8 Å². The second-order valence-electron chi connectivity index (χ2n) is 6.78. The van der Waals surface area contributed by atoms with Crippen LogP contribution in [-0.4, -0.2) is 35.2 Å². The van der Waals surface area contributed by atoms with E-state index in [1.165, 1.54) is 6.42 Å². The Bertz CT molecular complexity index is 841. The number of ether oxygens (including phenoxy) is 1. The average Bonchev–Trinajstić information content (AvgIpc) is 3.01. The van der Waals surface area contributed by atoms with Gasteiger partial charge in [0.15, 0.2) is 5.69 Å². The molecule has 0 radical (unpaired) electrons. The first kappa shape index (κ1) is 15.7. The maximum atomic E-state index is 11.7. The summed E-state index contributed by atoms with van der Waals surface area (Å²) in [5.41, 5.74) is 3.06. The van der Waals surface area contributed by atoms with Gasteiger partial charge < -0.3 is 14.2 Å². The van der Waals surface area contributed by atoms with Crippen LogP contribution >= 0.6 is 0 Å². The van der Waals surface area contributed by atoms with Crippen LogP contribution in [0.3, 0.4) is 0 Å². The fraction of sp³-hybridized carbons (Fsp3) is 0.421. The first-order valence-corrected chi connectivity index (χ1v) is 8.64. The molecule has 25 heavy (non-hydrogen) atoms. The third-order valence-corrected chi connectivity index (χ3v) is 4.98. The van der Waals surface area contributed by atoms with Crippen molar-refractivity contribution in [3.63, 3.8) is 0 Å². The minimum absolute atomic E-state index is 0.301. The van der Waals surface area contributed by atoms with Gasteiger partial charge in [-0.15, -0.1) is 0 Å². The predicted molar refractivity (Wildman–Crippen MR) is 92.3 cm³/mol. The lowest BCUT2D eigenvalue weighted by Gasteiger charge is -2.22. The summed E-state index contributed by atoms with van der Waals surface area (Å²) < 4.78 is 6.78. The maximum absolute atomic E-state index is 11.7. The second kappa shape index (κ2) is 6.25. The third kappa shape index (κ3) is 3.10. The molecule has 1 aliphatic heterocycles. The van der Waals surface area contributed by atoms with Crippen LogP contribution in [-0.2, 0) is 11.3 Å². The number of piperidine rings is 1. The van der Waals surface area contributed by atoms with E-state index in [-0.39, 0.29) is 0 Å². The number of nitriles is 1. The van der Waals surface area contributed by atoms with Gasteiger partial charge in [0.2, 0.25) is 0 Å². The van der Waals surface area contributed by atoms with Crippen LogP contribution in [0.1, 0.15) is 35.0 Å². The largest absolute Gasteiger partial charge is 0.461 e. The lowest BCUT2D eigenvalue weighted by atomic mass is 10.1. The van der Waals surface area contributed by atoms with Crippen LogP contribution in [0.2, 0.25) is 0 Å². The third-order valence-electron chi connectivity index (χ3n) is 4.98. The highest BCUT2D eigenvalue weighted by Gasteiger charge is 2.45. The molecule has 128 valence electrons. The van der Waals surface area contributed by atoms with Crippen molar-refractivity contribution in [3.8, 4) is 6.07 Å². The molecule has 1 aromatic heterocycles. The molecule has 6 nitrogen and oxygen atoms in total. The standard InChI is InChI=1S/C19H20N4O2/c1-2-25-19(24)17-11-22(12-21-17)8-13-3-4-18(14(5-13)7-20)23-9-15-6-16(15)10-23/h3-5,11-12,15-16H,2,6,8-10H2,1H3. The molecule has 2 aliphatic rings. The van der Waals surface area contributed by atoms with Gasteiger partial charge in [0.25, 0.3) is 0 Å². The van der Waals surface area contributed by atoms with Crippen molar-refractivity contribution >= 4 is 11.7 Å². The first-order chi connectivity index (χ1) is 12.2. The van der Waals surface area contributed by atoms with Crippen LogP contribution in [0, 0.1) is 23.2 Å². The van der Waals surface area contributed by atoms with Crippen molar-refractivity contribution in [2.75, 3.05) is 24.6 Å². The van der Waals surface area contributed by atoms with Crippen molar-refractivity contribution in [1.82, 2.24) is 9.55 Å². The number of aromatic nitrogens is 2. The lowest BCUT2D eigenvalue weighted by molar-refractivity contribution is 0.0520. The van der Waals surface area contributed by atoms with Crippen molar-refractivity contribution in [3.05, 3.63) is 47.5 Å². The molecule has 2 aromatic rings. The second-order valence-corrected chi connectivity index (χ2v) is 6.78. The van der Waals surface area contributed by atoms with Crippen LogP contribution in [0.15, 0.2) is 30.7 Å². The highest BCUT2D eigenvalue weighted by molar-refractivity contribution is 5.86. The Morgan fingerprint density at radius 1 is 1.40 bits per heavy atom. The number of fused-ring (bicyclic) bond motifs is 1. The monoisotopic (exact) mass is 336 g/mol. The molecule has 0 amide bonds. The number of imidazole rings is 1. The molecule has 0 spiro atoms. The van der Waals surface area contributed by atoms with Crippen molar-refractivity contribution in [2.24, 2.45) is 11.8 Å². The van der Waals surface area contributed by atoms with Gasteiger partial charge >= 0.3 is 5.97 Å². The molecule has 1 aliphatic carbocycles. The van der Waals surface area contributed by atoms with E-state index in [2.05, 4.69) is 16.0 Å². The highest BCUT2D eigenvalue weighted by atomic mass is 16.5. The minimum atomic E-state index is -0.415. The predicted octanol–water partition coefficient (Wildman–Crippen LogP) is 2.44. The molecule has 2 atom stereocenters. The molecule has 1 saturated carbocycles. The first-order valence-electron chi connectivity index (χ1n) is 8.64. The number of carbonyl (C=O) groups is 1. The summed E-state index contributed by atoms with van der Waals surface area (Å²) in [5.74, 6) is 1.25. The normalized spacial score (nSPS) is 20.9. The SMILES string of the molecule is CCOC(=O)c1cn(Cc2ccc(N3CC4CC4C3)c(C#N)c2)cn1. The van der Waals surface area contributed by atoms with Gasteiger partial charge in [-0.3, -0.25) is 0 Å². The van der Waals surface area contributed by atoms with Gasteiger partial charge in [-0.25, -0.2) is 9.78 Å². The number of rotatable bonds is 5. The zero-order valence-electron chi connectivity index (χ0n) is 14.2. The molecule has 2 unspecified atom stereocenters. The number of carbonyl (C=O) groups excluding carboxylic acids is 1. The summed E-state index contributed by atoms with van der Waals surface area (Å²) in [6.07, 6.45) is 4.63. The number of esters is 1. The molecule has 0 bridgehead atoms. The number of hydrogen-bond acceptors (Lipinski definition) is 5. The van der Waals surface area contributed by atoms with Crippen molar-refractivity contribution < 1.29 is 9.53 Å². The number of benzene rings is 1. The Morgan fingerprint density at radius 3 is 2.92 bits per heavy atom. The number of anilines is 1. The van der Waals surface area contributed by atoms with E-state index < -0.39 is 5.97 Å². The van der Waals surface area contributed by atoms with E-state index in [0.29, 0.717) is 24.4 Å². The summed E-state index contributed by atoms with van der Waals surface area (Å²) in [5, 5.41) is 9.53. The van der Waals surface area contributed by atoms with E-state index in [0.717, 1.165) is 36.2 Å². The van der Waals surface area contributed by atoms with Gasteiger partial charge in [-0.05, 0) is 42.9 Å². The van der Waals surface area contributed by atoms with Gasteiger partial charge in [0.05, 0.1) is 24.2 Å². The van der Waals surface area contributed by atoms with Gasteiger partial charge in [-0.2, -0.15) is 5.26 Å². The fourth-order valence-electron chi connectivity index (χ4n) is 3.61. The maximum Gasteiger partial charge on any atom is 0.358 e. The Kier molecular flexibility index (Phi) is 3.92. The van der Waals surface area contributed by atoms with E-state index in [1.54, 1.807) is 19.4 Å². The lowest BCUT2D eigenvalue weighted by Crippen LogP contribution is -2.22. The zero-order chi connectivity index (χ0) is 17.4. The summed E-state index contributed by atoms with van der Waals surface area (Å²) in [6, 6.07) is 8.35. The Balaban J connectivity index is 1.49. The number of hydrogen-bond donors (Lipinski definition) is 0. The highest BCUT2D eigenvalue weighted by Crippen LogP contribution is 2.46. The van der Waals surface area contributed by atoms with E-state index >= 15 is 0 Å². The average molecular weight is 336 g/mol. The summed E-state index contributed by atoms with van der Waals surface area (Å²) >= 11 is 0. The Hall–Kier alpha value is -2.81. The molecular weight excluding hydrogens is 316 g/mol. The van der Waals surface area contributed by atoms with E-state index in [1.807, 2.05) is 22.8 Å². The summed E-state index contributed by atoms with van der Waals surface area (Å²) in [7, 11) is 0. The van der Waals surface area contributed by atoms with Crippen LogP contribution in [0.5, 0.6) is 0 Å². The minimum Gasteiger partial charge on any atom is -0.461 e. The topological polar surface area (TPSA) is 71.2 Å². The van der Waals surface area contributed by atoms with Crippen molar-refractivity contribution in [1.29, 1.82) is 5.26 Å². The quantitative estimate of drug-likeness (QED) is 0.784. The molecule has 0 N–H and O–H groups in total. The zero-order valence-corrected chi connectivity index (χ0v) is 14.2. The molecule has 1 saturated heterocycles. The molecule has 4 rings (SSSR count). The van der Waals surface area contributed by atoms with Crippen molar-refractivity contribution in [2.45, 2.75) is 19.9 Å². The van der Waals surface area contributed by atoms with E-state index in [4.69, 9.17) is 4.74 Å². The smallest absolute Gasteiger partial charge is 0.358 e. The molecule has 6 heteroatoms. The van der Waals surface area contributed by atoms with Crippen LogP contribution < -0.4 is 4.90 Å². The molecule has 2 heterocycles. The molecular formula is C19H20N4O2.